The van der Waals surface area contributed by atoms with E-state index in [0.29, 0.717) is 18.4 Å². The first-order chi connectivity index (χ1) is 8.72. The van der Waals surface area contributed by atoms with Crippen molar-refractivity contribution < 1.29 is 18.0 Å². The molecule has 0 radical (unpaired) electrons. The maximum absolute atomic E-state index is 12.4. The number of alkyl halides is 3. The van der Waals surface area contributed by atoms with E-state index in [4.69, 9.17) is 5.73 Å². The molecule has 112 valence electrons. The van der Waals surface area contributed by atoms with Crippen molar-refractivity contribution in [3.05, 3.63) is 35.4 Å². The molecule has 0 bridgehead atoms. The number of nitrogens with one attached hydrogen (secondary N) is 1. The molecule has 3 N–H and O–H groups in total. The van der Waals surface area contributed by atoms with Gasteiger partial charge >= 0.3 is 6.18 Å². The lowest BCUT2D eigenvalue weighted by molar-refractivity contribution is -0.137. The first-order valence-electron chi connectivity index (χ1n) is 5.99. The highest BCUT2D eigenvalue weighted by Gasteiger charge is 2.46. The first kappa shape index (κ1) is 16.8. The zero-order chi connectivity index (χ0) is 14.3. The van der Waals surface area contributed by atoms with Crippen LogP contribution in [0.3, 0.4) is 0 Å². The molecule has 1 aliphatic rings. The van der Waals surface area contributed by atoms with Gasteiger partial charge in [0.15, 0.2) is 0 Å². The molecule has 3 nitrogen and oxygen atoms in total. The second kappa shape index (κ2) is 5.61. The lowest BCUT2D eigenvalue weighted by atomic mass is 10.1. The summed E-state index contributed by atoms with van der Waals surface area (Å²) in [4.78, 5) is 11.7. The molecule has 0 spiro atoms. The Kier molecular flexibility index (Phi) is 4.71. The molecule has 0 aliphatic heterocycles. The molecular weight excluding hydrogens is 293 g/mol. The summed E-state index contributed by atoms with van der Waals surface area (Å²) in [6.07, 6.45) is -3.04. The summed E-state index contributed by atoms with van der Waals surface area (Å²) in [6, 6.07) is 4.38. The quantitative estimate of drug-likeness (QED) is 0.902. The normalized spacial score (nSPS) is 17.9. The smallest absolute Gasteiger partial charge is 0.348 e. The van der Waals surface area contributed by atoms with Crippen LogP contribution in [0.25, 0.3) is 0 Å². The summed E-state index contributed by atoms with van der Waals surface area (Å²) in [5.74, 6) is -0.250. The van der Waals surface area contributed by atoms with Crippen LogP contribution in [0.5, 0.6) is 0 Å². The van der Waals surface area contributed by atoms with Crippen LogP contribution >= 0.6 is 12.4 Å². The van der Waals surface area contributed by atoms with Crippen LogP contribution in [-0.4, -0.2) is 11.4 Å². The Morgan fingerprint density at radius 2 is 1.80 bits per heavy atom. The third-order valence-electron chi connectivity index (χ3n) is 3.33. The molecule has 1 saturated carbocycles. The first-order valence-corrected chi connectivity index (χ1v) is 5.99. The Balaban J connectivity index is 0.00000200. The number of halogens is 4. The van der Waals surface area contributed by atoms with E-state index in [-0.39, 0.29) is 24.4 Å². The van der Waals surface area contributed by atoms with E-state index in [1.807, 2.05) is 0 Å². The number of nitrogens with two attached hydrogens (primary N) is 1. The van der Waals surface area contributed by atoms with Gasteiger partial charge in [0, 0.05) is 0 Å². The van der Waals surface area contributed by atoms with Crippen molar-refractivity contribution in [3.8, 4) is 0 Å². The lowest BCUT2D eigenvalue weighted by Crippen LogP contribution is -2.43. The summed E-state index contributed by atoms with van der Waals surface area (Å²) in [6.45, 7) is 1.71. The van der Waals surface area contributed by atoms with Crippen LogP contribution in [0.1, 0.15) is 36.9 Å². The fourth-order valence-corrected chi connectivity index (χ4v) is 1.75. The Bertz CT molecular complexity index is 483. The maximum atomic E-state index is 12.4. The summed E-state index contributed by atoms with van der Waals surface area (Å²) >= 11 is 0. The number of rotatable bonds is 3. The Labute approximate surface area is 121 Å². The van der Waals surface area contributed by atoms with E-state index in [1.165, 1.54) is 12.1 Å². The minimum atomic E-state index is -4.35. The lowest BCUT2D eigenvalue weighted by Gasteiger charge is -2.18. The van der Waals surface area contributed by atoms with E-state index in [2.05, 4.69) is 5.32 Å². The second-order valence-corrected chi connectivity index (χ2v) is 4.97. The summed E-state index contributed by atoms with van der Waals surface area (Å²) in [5.41, 5.74) is 4.87. The molecule has 7 heteroatoms. The average Bonchev–Trinajstić information content (AvgIpc) is 3.08. The fourth-order valence-electron chi connectivity index (χ4n) is 1.75. The third kappa shape index (κ3) is 3.64. The maximum Gasteiger partial charge on any atom is 0.416 e. The van der Waals surface area contributed by atoms with Crippen molar-refractivity contribution in [2.45, 2.75) is 37.5 Å². The highest BCUT2D eigenvalue weighted by atomic mass is 35.5. The van der Waals surface area contributed by atoms with Crippen molar-refractivity contribution in [1.82, 2.24) is 5.32 Å². The van der Waals surface area contributed by atoms with Crippen LogP contribution in [0.2, 0.25) is 0 Å². The Morgan fingerprint density at radius 1 is 1.30 bits per heavy atom. The van der Waals surface area contributed by atoms with E-state index >= 15 is 0 Å². The van der Waals surface area contributed by atoms with E-state index in [1.54, 1.807) is 6.92 Å². The second-order valence-electron chi connectivity index (χ2n) is 4.97. The molecule has 1 aliphatic carbocycles. The number of benzene rings is 1. The molecule has 0 aromatic heterocycles. The van der Waals surface area contributed by atoms with Crippen LogP contribution in [-0.2, 0) is 11.0 Å². The number of carbonyl (C=O) groups is 1. The zero-order valence-electron chi connectivity index (χ0n) is 10.8. The molecular formula is C13H16ClF3N2O. The van der Waals surface area contributed by atoms with Crippen molar-refractivity contribution in [2.75, 3.05) is 0 Å². The highest BCUT2D eigenvalue weighted by Crippen LogP contribution is 2.33. The molecule has 1 amide bonds. The van der Waals surface area contributed by atoms with Crippen molar-refractivity contribution >= 4 is 18.3 Å². The highest BCUT2D eigenvalue weighted by molar-refractivity contribution is 5.89. The van der Waals surface area contributed by atoms with Gasteiger partial charge in [0.05, 0.1) is 17.1 Å². The average molecular weight is 309 g/mol. The molecule has 1 aromatic rings. The molecule has 1 unspecified atom stereocenters. The predicted octanol–water partition coefficient (Wildman–Crippen LogP) is 2.80. The monoisotopic (exact) mass is 308 g/mol. The Morgan fingerprint density at radius 3 is 2.20 bits per heavy atom. The van der Waals surface area contributed by atoms with Gasteiger partial charge in [0.1, 0.15) is 0 Å². The number of carbonyl (C=O) groups excluding carboxylic acids is 1. The van der Waals surface area contributed by atoms with E-state index in [0.717, 1.165) is 12.1 Å². The van der Waals surface area contributed by atoms with Gasteiger partial charge in [-0.25, -0.2) is 0 Å². The van der Waals surface area contributed by atoms with Gasteiger partial charge in [-0.2, -0.15) is 13.2 Å². The number of hydrogen-bond acceptors (Lipinski definition) is 2. The molecule has 1 aromatic carbocycles. The van der Waals surface area contributed by atoms with Crippen LogP contribution in [0.15, 0.2) is 24.3 Å². The van der Waals surface area contributed by atoms with Gasteiger partial charge in [0.25, 0.3) is 0 Å². The van der Waals surface area contributed by atoms with Gasteiger partial charge in [-0.3, -0.25) is 4.79 Å². The largest absolute Gasteiger partial charge is 0.416 e. The van der Waals surface area contributed by atoms with Gasteiger partial charge < -0.3 is 11.1 Å². The van der Waals surface area contributed by atoms with Gasteiger partial charge in [-0.15, -0.1) is 12.4 Å². The van der Waals surface area contributed by atoms with Gasteiger partial charge in [0.2, 0.25) is 5.91 Å². The van der Waals surface area contributed by atoms with Crippen molar-refractivity contribution in [2.24, 2.45) is 5.73 Å². The molecule has 2 rings (SSSR count). The summed E-state index contributed by atoms with van der Waals surface area (Å²) < 4.78 is 37.2. The molecule has 1 fully saturated rings. The van der Waals surface area contributed by atoms with Gasteiger partial charge in [-0.1, -0.05) is 12.1 Å². The zero-order valence-corrected chi connectivity index (χ0v) is 11.6. The molecule has 0 saturated heterocycles. The minimum absolute atomic E-state index is 0. The van der Waals surface area contributed by atoms with E-state index < -0.39 is 17.3 Å². The predicted molar refractivity (Wildman–Crippen MR) is 71.4 cm³/mol. The molecule has 0 heterocycles. The molecule has 20 heavy (non-hydrogen) atoms. The van der Waals surface area contributed by atoms with Crippen molar-refractivity contribution in [3.63, 3.8) is 0 Å². The third-order valence-corrected chi connectivity index (χ3v) is 3.33. The van der Waals surface area contributed by atoms with Crippen LogP contribution in [0, 0.1) is 0 Å². The Hall–Kier alpha value is -1.27. The standard InChI is InChI=1S/C13H15F3N2O.ClH/c1-8(18-11(19)12(17)6-7-12)9-2-4-10(5-3-9)13(14,15)16;/h2-5,8H,6-7,17H2,1H3,(H,18,19);1H. The molecule has 1 atom stereocenters. The number of amides is 1. The minimum Gasteiger partial charge on any atom is -0.348 e. The topological polar surface area (TPSA) is 55.1 Å². The fraction of sp³-hybridized carbons (Fsp3) is 0.462. The number of hydrogen-bond donors (Lipinski definition) is 2. The SMILES string of the molecule is CC(NC(=O)C1(N)CC1)c1ccc(C(F)(F)F)cc1.Cl. The summed E-state index contributed by atoms with van der Waals surface area (Å²) in [7, 11) is 0. The van der Waals surface area contributed by atoms with Gasteiger partial charge in [-0.05, 0) is 37.5 Å². The van der Waals surface area contributed by atoms with Crippen molar-refractivity contribution in [1.29, 1.82) is 0 Å². The van der Waals surface area contributed by atoms with E-state index in [9.17, 15) is 18.0 Å². The van der Waals surface area contributed by atoms with Crippen LogP contribution in [0.4, 0.5) is 13.2 Å². The summed E-state index contributed by atoms with van der Waals surface area (Å²) in [5, 5.41) is 2.71. The van der Waals surface area contributed by atoms with Crippen LogP contribution < -0.4 is 11.1 Å².